The second-order valence-corrected chi connectivity index (χ2v) is 9.25. The van der Waals surface area contributed by atoms with Crippen LogP contribution in [-0.2, 0) is 16.2 Å². The molecule has 0 bridgehead atoms. The molecule has 1 fully saturated rings. The van der Waals surface area contributed by atoms with Gasteiger partial charge in [-0.2, -0.15) is 29.2 Å². The molecule has 4 nitrogen and oxygen atoms in total. The Morgan fingerprint density at radius 1 is 1.16 bits per heavy atom. The van der Waals surface area contributed by atoms with Gasteiger partial charge in [-0.05, 0) is 12.1 Å². The van der Waals surface area contributed by atoms with Crippen LogP contribution >= 0.6 is 35.0 Å². The van der Waals surface area contributed by atoms with Crippen LogP contribution < -0.4 is 0 Å². The number of benzene rings is 1. The van der Waals surface area contributed by atoms with Crippen LogP contribution in [0.3, 0.4) is 0 Å². The standard InChI is InChI=1S/C14H11Cl2F3N2O2S2/c15-8-5-9-12(16)11(25(22,23)21-1-3-24-4-2-21)7-20-13(9)10(6-8)14(17,18)19/h5-7H,1-4H2. The van der Waals surface area contributed by atoms with E-state index >= 15 is 0 Å². The van der Waals surface area contributed by atoms with Gasteiger partial charge in [0.1, 0.15) is 4.90 Å². The lowest BCUT2D eigenvalue weighted by molar-refractivity contribution is -0.136. The van der Waals surface area contributed by atoms with Gasteiger partial charge in [0.15, 0.2) is 0 Å². The molecule has 0 N–H and O–H groups in total. The van der Waals surface area contributed by atoms with E-state index < -0.39 is 27.3 Å². The van der Waals surface area contributed by atoms with Crippen molar-refractivity contribution >= 4 is 55.9 Å². The minimum atomic E-state index is -4.69. The minimum absolute atomic E-state index is 0.144. The Labute approximate surface area is 156 Å². The molecule has 2 heterocycles. The molecule has 1 saturated heterocycles. The molecular weight excluding hydrogens is 420 g/mol. The number of alkyl halides is 3. The van der Waals surface area contributed by atoms with Crippen molar-refractivity contribution in [1.82, 2.24) is 9.29 Å². The highest BCUT2D eigenvalue weighted by Crippen LogP contribution is 2.40. The van der Waals surface area contributed by atoms with E-state index in [0.29, 0.717) is 24.6 Å². The van der Waals surface area contributed by atoms with E-state index in [1.807, 2.05) is 0 Å². The van der Waals surface area contributed by atoms with E-state index in [1.165, 1.54) is 10.4 Å². The zero-order valence-electron chi connectivity index (χ0n) is 12.5. The highest BCUT2D eigenvalue weighted by Gasteiger charge is 2.35. The largest absolute Gasteiger partial charge is 0.418 e. The fourth-order valence-corrected chi connectivity index (χ4v) is 5.84. The van der Waals surface area contributed by atoms with Crippen molar-refractivity contribution in [3.63, 3.8) is 0 Å². The maximum absolute atomic E-state index is 13.2. The fourth-order valence-electron chi connectivity index (χ4n) is 2.54. The van der Waals surface area contributed by atoms with Crippen molar-refractivity contribution in [2.75, 3.05) is 24.6 Å². The molecule has 1 aromatic heterocycles. The van der Waals surface area contributed by atoms with Crippen molar-refractivity contribution in [3.8, 4) is 0 Å². The van der Waals surface area contributed by atoms with E-state index in [4.69, 9.17) is 23.2 Å². The molecule has 1 aromatic carbocycles. The first-order chi connectivity index (χ1) is 11.6. The summed E-state index contributed by atoms with van der Waals surface area (Å²) >= 11 is 13.6. The number of halogens is 5. The summed E-state index contributed by atoms with van der Waals surface area (Å²) in [7, 11) is -3.94. The van der Waals surface area contributed by atoms with Crippen LogP contribution in [0.25, 0.3) is 10.9 Å². The van der Waals surface area contributed by atoms with Crippen LogP contribution in [0, 0.1) is 0 Å². The van der Waals surface area contributed by atoms with Crippen LogP contribution in [0.2, 0.25) is 10.0 Å². The van der Waals surface area contributed by atoms with Crippen LogP contribution in [0.15, 0.2) is 23.2 Å². The summed E-state index contributed by atoms with van der Waals surface area (Å²) in [5.41, 5.74) is -1.50. The molecular formula is C14H11Cl2F3N2O2S2. The van der Waals surface area contributed by atoms with E-state index in [0.717, 1.165) is 12.3 Å². The van der Waals surface area contributed by atoms with E-state index in [2.05, 4.69) is 4.98 Å². The summed E-state index contributed by atoms with van der Waals surface area (Å²) in [6.07, 6.45) is -3.81. The van der Waals surface area contributed by atoms with Gasteiger partial charge in [-0.3, -0.25) is 4.98 Å². The first-order valence-electron chi connectivity index (χ1n) is 7.05. The van der Waals surface area contributed by atoms with Gasteiger partial charge in [0.25, 0.3) is 0 Å². The quantitative estimate of drug-likeness (QED) is 0.712. The second-order valence-electron chi connectivity index (χ2n) is 5.30. The Hall–Kier alpha value is -0.740. The maximum Gasteiger partial charge on any atom is 0.418 e. The molecule has 0 aliphatic carbocycles. The van der Waals surface area contributed by atoms with Crippen molar-refractivity contribution in [1.29, 1.82) is 0 Å². The molecule has 3 rings (SSSR count). The molecule has 0 radical (unpaired) electrons. The highest BCUT2D eigenvalue weighted by atomic mass is 35.5. The van der Waals surface area contributed by atoms with Crippen LogP contribution in [0.5, 0.6) is 0 Å². The monoisotopic (exact) mass is 430 g/mol. The summed E-state index contributed by atoms with van der Waals surface area (Å²) in [5, 5.41) is -0.655. The molecule has 1 aliphatic rings. The summed E-state index contributed by atoms with van der Waals surface area (Å²) in [4.78, 5) is 3.42. The van der Waals surface area contributed by atoms with Gasteiger partial charge >= 0.3 is 6.18 Å². The molecule has 1 aliphatic heterocycles. The fraction of sp³-hybridized carbons (Fsp3) is 0.357. The van der Waals surface area contributed by atoms with E-state index in [-0.39, 0.29) is 20.3 Å². The van der Waals surface area contributed by atoms with E-state index in [9.17, 15) is 21.6 Å². The second kappa shape index (κ2) is 6.77. The van der Waals surface area contributed by atoms with Crippen molar-refractivity contribution in [2.45, 2.75) is 11.1 Å². The lowest BCUT2D eigenvalue weighted by Gasteiger charge is -2.26. The number of thioether (sulfide) groups is 1. The normalized spacial score (nSPS) is 17.2. The number of nitrogens with zero attached hydrogens (tertiary/aromatic N) is 2. The van der Waals surface area contributed by atoms with Gasteiger partial charge in [0.05, 0.1) is 16.1 Å². The number of rotatable bonds is 2. The van der Waals surface area contributed by atoms with Gasteiger partial charge in [0.2, 0.25) is 10.0 Å². The maximum atomic E-state index is 13.2. The summed E-state index contributed by atoms with van der Waals surface area (Å²) in [6.45, 7) is 0.620. The van der Waals surface area contributed by atoms with Crippen LogP contribution in [0.4, 0.5) is 13.2 Å². The number of hydrogen-bond donors (Lipinski definition) is 0. The molecule has 2 aromatic rings. The summed E-state index contributed by atoms with van der Waals surface area (Å²) < 4.78 is 66.3. The van der Waals surface area contributed by atoms with E-state index in [1.54, 1.807) is 11.8 Å². The predicted octanol–water partition coefficient (Wildman–Crippen LogP) is 4.30. The van der Waals surface area contributed by atoms with Crippen LogP contribution in [0.1, 0.15) is 5.56 Å². The first-order valence-corrected chi connectivity index (χ1v) is 10.4. The summed E-state index contributed by atoms with van der Waals surface area (Å²) in [5.74, 6) is 1.28. The number of aromatic nitrogens is 1. The third kappa shape index (κ3) is 3.57. The average Bonchev–Trinajstić information content (AvgIpc) is 2.55. The Morgan fingerprint density at radius 3 is 2.40 bits per heavy atom. The summed E-state index contributed by atoms with van der Waals surface area (Å²) in [6, 6.07) is 1.93. The SMILES string of the molecule is O=S(=O)(c1cnc2c(C(F)(F)F)cc(Cl)cc2c1Cl)N1CCSCC1. The minimum Gasteiger partial charge on any atom is -0.254 e. The first kappa shape index (κ1) is 19.0. The highest BCUT2D eigenvalue weighted by molar-refractivity contribution is 7.99. The Bertz CT molecular complexity index is 930. The Morgan fingerprint density at radius 2 is 1.80 bits per heavy atom. The third-order valence-corrected chi connectivity index (χ3v) is 7.32. The lowest BCUT2D eigenvalue weighted by Crippen LogP contribution is -2.38. The Balaban J connectivity index is 2.21. The number of pyridine rings is 1. The molecule has 0 saturated carbocycles. The molecule has 0 amide bonds. The Kier molecular flexibility index (Phi) is 5.15. The molecule has 0 atom stereocenters. The molecule has 136 valence electrons. The number of hydrogen-bond acceptors (Lipinski definition) is 4. The van der Waals surface area contributed by atoms with Gasteiger partial charge in [-0.25, -0.2) is 8.42 Å². The topological polar surface area (TPSA) is 50.3 Å². The van der Waals surface area contributed by atoms with Gasteiger partial charge in [0, 0.05) is 41.2 Å². The smallest absolute Gasteiger partial charge is 0.254 e. The predicted molar refractivity (Wildman–Crippen MR) is 92.8 cm³/mol. The van der Waals surface area contributed by atoms with Gasteiger partial charge < -0.3 is 0 Å². The van der Waals surface area contributed by atoms with Crippen molar-refractivity contribution < 1.29 is 21.6 Å². The zero-order valence-corrected chi connectivity index (χ0v) is 15.6. The van der Waals surface area contributed by atoms with Crippen LogP contribution in [-0.4, -0.2) is 42.3 Å². The average molecular weight is 431 g/mol. The van der Waals surface area contributed by atoms with Gasteiger partial charge in [-0.15, -0.1) is 0 Å². The third-order valence-electron chi connectivity index (χ3n) is 3.73. The molecule has 0 spiro atoms. The lowest BCUT2D eigenvalue weighted by atomic mass is 10.1. The number of fused-ring (bicyclic) bond motifs is 1. The zero-order chi connectivity index (χ0) is 18.4. The van der Waals surface area contributed by atoms with Crippen molar-refractivity contribution in [3.05, 3.63) is 33.9 Å². The molecule has 25 heavy (non-hydrogen) atoms. The van der Waals surface area contributed by atoms with Gasteiger partial charge in [-0.1, -0.05) is 23.2 Å². The molecule has 11 heteroatoms. The molecule has 0 unspecified atom stereocenters. The number of sulfonamides is 1. The van der Waals surface area contributed by atoms with Crippen molar-refractivity contribution in [2.24, 2.45) is 0 Å².